The number of pyridine rings is 1. The number of aromatic nitrogens is 1. The van der Waals surface area contributed by atoms with Gasteiger partial charge in [0.2, 0.25) is 0 Å². The lowest BCUT2D eigenvalue weighted by Gasteiger charge is -2.33. The van der Waals surface area contributed by atoms with Crippen LogP contribution >= 0.6 is 0 Å². The summed E-state index contributed by atoms with van der Waals surface area (Å²) in [5.74, 6) is -3.27. The third-order valence-electron chi connectivity index (χ3n) is 4.73. The van der Waals surface area contributed by atoms with Crippen molar-refractivity contribution in [2.75, 3.05) is 13.0 Å². The molecule has 154 valence electrons. The van der Waals surface area contributed by atoms with Crippen LogP contribution in [0.3, 0.4) is 0 Å². The summed E-state index contributed by atoms with van der Waals surface area (Å²) >= 11 is 0. The molecule has 28 heavy (non-hydrogen) atoms. The van der Waals surface area contributed by atoms with Gasteiger partial charge in [0, 0.05) is 43.1 Å². The van der Waals surface area contributed by atoms with E-state index in [0.29, 0.717) is 0 Å². The van der Waals surface area contributed by atoms with Crippen molar-refractivity contribution in [1.82, 2.24) is 9.88 Å². The van der Waals surface area contributed by atoms with Gasteiger partial charge in [0.15, 0.2) is 0 Å². The summed E-state index contributed by atoms with van der Waals surface area (Å²) < 4.78 is 94.8. The average Bonchev–Trinajstić information content (AvgIpc) is 2.91. The van der Waals surface area contributed by atoms with E-state index in [1.54, 1.807) is 0 Å². The fraction of sp³-hybridized carbons (Fsp3) is 0.714. The third-order valence-corrected chi connectivity index (χ3v) is 4.73. The molecule has 1 amide bonds. The van der Waals surface area contributed by atoms with Crippen LogP contribution in [0.15, 0.2) is 18.3 Å². The van der Waals surface area contributed by atoms with Crippen LogP contribution in [0.1, 0.15) is 85.1 Å². The summed E-state index contributed by atoms with van der Waals surface area (Å²) in [6, 6.07) is 2.62. The Morgan fingerprint density at radius 1 is 1.29 bits per heavy atom. The molecule has 0 spiro atoms. The SMILES string of the molecule is [2H]C1([2H])N(C(=O)OC(C)(C)C)C([2H])([2H])C([2H])([2H])C([2H])(c2cc(B3OC(C)(C)C(C)(C)O3)ccn2)C1([2H])[2H]. The maximum atomic E-state index is 12.9. The topological polar surface area (TPSA) is 60.9 Å². The van der Waals surface area contributed by atoms with Crippen LogP contribution in [-0.2, 0) is 14.0 Å². The second-order valence-corrected chi connectivity index (χ2v) is 8.73. The summed E-state index contributed by atoms with van der Waals surface area (Å²) in [6.07, 6.45) is -7.47. The average molecular weight is 397 g/mol. The van der Waals surface area contributed by atoms with Gasteiger partial charge in [-0.25, -0.2) is 4.79 Å². The van der Waals surface area contributed by atoms with E-state index in [2.05, 4.69) is 4.98 Å². The van der Waals surface area contributed by atoms with Gasteiger partial charge in [-0.15, -0.1) is 0 Å². The van der Waals surface area contributed by atoms with E-state index < -0.39 is 67.3 Å². The first kappa shape index (κ1) is 12.2. The van der Waals surface area contributed by atoms with Crippen LogP contribution in [0.4, 0.5) is 4.79 Å². The highest BCUT2D eigenvalue weighted by Gasteiger charge is 2.51. The Bertz CT molecular complexity index is 1050. The molecule has 7 heteroatoms. The molecule has 1 aromatic rings. The monoisotopic (exact) mass is 397 g/mol. The number of likely N-dealkylation sites (tertiary alicyclic amines) is 1. The highest BCUT2D eigenvalue weighted by molar-refractivity contribution is 6.62. The van der Waals surface area contributed by atoms with Gasteiger partial charge < -0.3 is 18.9 Å². The fourth-order valence-electron chi connectivity index (χ4n) is 2.52. The van der Waals surface area contributed by atoms with Gasteiger partial charge in [0.25, 0.3) is 0 Å². The first-order chi connectivity index (χ1) is 16.3. The van der Waals surface area contributed by atoms with Crippen molar-refractivity contribution in [2.45, 2.75) is 83.9 Å². The van der Waals surface area contributed by atoms with Crippen LogP contribution in [0, 0.1) is 0 Å². The molecular weight excluding hydrogens is 355 g/mol. The molecule has 6 nitrogen and oxygen atoms in total. The lowest BCUT2D eigenvalue weighted by molar-refractivity contribution is 0.00578. The largest absolute Gasteiger partial charge is 0.494 e. The van der Waals surface area contributed by atoms with Crippen molar-refractivity contribution < 1.29 is 31.2 Å². The number of rotatable bonds is 2. The Balaban J connectivity index is 2.19. The summed E-state index contributed by atoms with van der Waals surface area (Å²) in [5, 5.41) is 0. The molecule has 0 atom stereocenters. The Morgan fingerprint density at radius 2 is 1.86 bits per heavy atom. The summed E-state index contributed by atoms with van der Waals surface area (Å²) in [4.78, 5) is 16.7. The fourth-order valence-corrected chi connectivity index (χ4v) is 2.52. The molecule has 0 bridgehead atoms. The first-order valence-electron chi connectivity index (χ1n) is 13.6. The van der Waals surface area contributed by atoms with Crippen molar-refractivity contribution in [2.24, 2.45) is 0 Å². The van der Waals surface area contributed by atoms with E-state index in [1.165, 1.54) is 33.0 Å². The van der Waals surface area contributed by atoms with Crippen molar-refractivity contribution in [3.05, 3.63) is 24.0 Å². The number of piperidine rings is 1. The van der Waals surface area contributed by atoms with Gasteiger partial charge in [-0.2, -0.15) is 0 Å². The molecule has 0 N–H and O–H groups in total. The second-order valence-electron chi connectivity index (χ2n) is 8.73. The molecule has 0 aromatic carbocycles. The van der Waals surface area contributed by atoms with Gasteiger partial charge >= 0.3 is 13.2 Å². The number of carbonyl (C=O) groups is 1. The predicted molar refractivity (Wildman–Crippen MR) is 110 cm³/mol. The van der Waals surface area contributed by atoms with Crippen molar-refractivity contribution >= 4 is 18.7 Å². The van der Waals surface area contributed by atoms with E-state index in [9.17, 15) is 4.79 Å². The quantitative estimate of drug-likeness (QED) is 0.715. The minimum atomic E-state index is -3.53. The zero-order valence-electron chi connectivity index (χ0n) is 26.3. The molecule has 3 heterocycles. The highest BCUT2D eigenvalue weighted by Crippen LogP contribution is 2.36. The van der Waals surface area contributed by atoms with Gasteiger partial charge in [-0.3, -0.25) is 4.98 Å². The van der Waals surface area contributed by atoms with Crippen LogP contribution < -0.4 is 5.46 Å². The van der Waals surface area contributed by atoms with E-state index in [0.717, 1.165) is 6.07 Å². The number of nitrogens with zero attached hydrogens (tertiary/aromatic N) is 2. The van der Waals surface area contributed by atoms with Crippen molar-refractivity contribution in [1.29, 1.82) is 0 Å². The molecule has 2 aliphatic rings. The van der Waals surface area contributed by atoms with Gasteiger partial charge in [0.05, 0.1) is 11.2 Å². The van der Waals surface area contributed by atoms with E-state index in [-0.39, 0.29) is 10.4 Å². The Kier molecular flexibility index (Phi) is 3.19. The maximum absolute atomic E-state index is 12.9. The summed E-state index contributed by atoms with van der Waals surface area (Å²) in [7, 11) is -0.984. The molecule has 1 aromatic heterocycles. The maximum Gasteiger partial charge on any atom is 0.494 e. The Hall–Kier alpha value is -1.60. The number of amides is 1. The first-order valence-corrected chi connectivity index (χ1v) is 9.13. The van der Waals surface area contributed by atoms with Crippen molar-refractivity contribution in [3.8, 4) is 0 Å². The van der Waals surface area contributed by atoms with E-state index in [1.807, 2.05) is 27.7 Å². The van der Waals surface area contributed by atoms with E-state index in [4.69, 9.17) is 26.4 Å². The normalized spacial score (nSPS) is 35.5. The number of hydrogen-bond donors (Lipinski definition) is 0. The molecule has 0 radical (unpaired) electrons. The van der Waals surface area contributed by atoms with Gasteiger partial charge in [-0.1, -0.05) is 0 Å². The standard InChI is InChI=1S/C21H33BN2O4/c1-19(2,3)26-18(25)24-12-9-15(10-13-24)17-14-16(8-11-23-17)22-27-20(4,5)21(6,7)28-22/h8,11,14-15H,9-10,12-13H2,1-7H3/i9D2,10D2,12D2,13D2,15D. The number of carbonyl (C=O) groups excluding carboxylic acids is 1. The molecule has 0 unspecified atom stereocenters. The lowest BCUT2D eigenvalue weighted by atomic mass is 9.78. The number of ether oxygens (including phenoxy) is 1. The second kappa shape index (κ2) is 7.34. The molecule has 0 aliphatic carbocycles. The molecule has 0 saturated carbocycles. The lowest BCUT2D eigenvalue weighted by Crippen LogP contribution is -2.41. The minimum absolute atomic E-state index is 0.226. The van der Waals surface area contributed by atoms with Crippen LogP contribution in [-0.4, -0.2) is 52.9 Å². The predicted octanol–water partition coefficient (Wildman–Crippen LogP) is 3.50. The zero-order valence-corrected chi connectivity index (χ0v) is 17.3. The van der Waals surface area contributed by atoms with Crippen LogP contribution in [0.5, 0.6) is 0 Å². The molecular formula is C21H33BN2O4. The number of hydrogen-bond acceptors (Lipinski definition) is 5. The molecule has 3 rings (SSSR count). The smallest absolute Gasteiger partial charge is 0.444 e. The van der Waals surface area contributed by atoms with Crippen LogP contribution in [0.25, 0.3) is 0 Å². The molecule has 2 fully saturated rings. The van der Waals surface area contributed by atoms with Gasteiger partial charge in [-0.05, 0) is 78.8 Å². The molecule has 2 aliphatic heterocycles. The van der Waals surface area contributed by atoms with E-state index >= 15 is 0 Å². The van der Waals surface area contributed by atoms with Crippen LogP contribution in [0.2, 0.25) is 0 Å². The zero-order chi connectivity index (χ0) is 28.8. The third kappa shape index (κ3) is 4.52. The Morgan fingerprint density at radius 3 is 2.39 bits per heavy atom. The minimum Gasteiger partial charge on any atom is -0.444 e. The highest BCUT2D eigenvalue weighted by atomic mass is 16.7. The van der Waals surface area contributed by atoms with Crippen molar-refractivity contribution in [3.63, 3.8) is 0 Å². The summed E-state index contributed by atoms with van der Waals surface area (Å²) in [5.41, 5.74) is -3.02. The summed E-state index contributed by atoms with van der Waals surface area (Å²) in [6.45, 7) is 4.53. The van der Waals surface area contributed by atoms with Gasteiger partial charge in [0.1, 0.15) is 5.60 Å². The Labute approximate surface area is 181 Å². The molecule has 2 saturated heterocycles.